The highest BCUT2D eigenvalue weighted by Crippen LogP contribution is 2.29. The van der Waals surface area contributed by atoms with Crippen molar-refractivity contribution in [2.75, 3.05) is 6.54 Å². The Morgan fingerprint density at radius 3 is 2.40 bits per heavy atom. The van der Waals surface area contributed by atoms with E-state index >= 15 is 0 Å². The van der Waals surface area contributed by atoms with E-state index in [1.54, 1.807) is 0 Å². The summed E-state index contributed by atoms with van der Waals surface area (Å²) < 4.78 is 0. The van der Waals surface area contributed by atoms with Crippen LogP contribution in [0.3, 0.4) is 0 Å². The Hall–Kier alpha value is -0.530. The molecule has 0 spiro atoms. The first kappa shape index (κ1) is 12.5. The monoisotopic (exact) mass is 211 g/mol. The Morgan fingerprint density at radius 2 is 1.87 bits per heavy atom. The number of hydrogen-bond donors (Lipinski definition) is 1. The molecule has 1 fully saturated rings. The molecule has 0 aliphatic heterocycles. The van der Waals surface area contributed by atoms with Crippen LogP contribution >= 0.6 is 0 Å². The molecule has 1 aliphatic carbocycles. The van der Waals surface area contributed by atoms with Gasteiger partial charge in [0.2, 0.25) is 5.91 Å². The summed E-state index contributed by atoms with van der Waals surface area (Å²) in [5.41, 5.74) is 0. The van der Waals surface area contributed by atoms with Crippen molar-refractivity contribution < 1.29 is 4.79 Å². The molecule has 1 N–H and O–H groups in total. The van der Waals surface area contributed by atoms with Crippen molar-refractivity contribution in [2.45, 2.75) is 52.9 Å². The normalized spacial score (nSPS) is 26.7. The van der Waals surface area contributed by atoms with Gasteiger partial charge in [-0.3, -0.25) is 4.79 Å². The van der Waals surface area contributed by atoms with Crippen molar-refractivity contribution in [3.05, 3.63) is 0 Å². The standard InChI is InChI=1S/C13H25NO/c1-10(2)13(15)14-9-8-12-6-4-11(3)5-7-12/h10-12H,4-9H2,1-3H3,(H,14,15). The number of hydrogen-bond acceptors (Lipinski definition) is 1. The zero-order valence-electron chi connectivity index (χ0n) is 10.4. The minimum absolute atomic E-state index is 0.122. The van der Waals surface area contributed by atoms with E-state index in [-0.39, 0.29) is 11.8 Å². The minimum atomic E-state index is 0.122. The van der Waals surface area contributed by atoms with Gasteiger partial charge in [0.1, 0.15) is 0 Å². The SMILES string of the molecule is CC1CCC(CCNC(=O)C(C)C)CC1. The van der Waals surface area contributed by atoms with Gasteiger partial charge in [-0.05, 0) is 18.3 Å². The Bertz CT molecular complexity index is 193. The van der Waals surface area contributed by atoms with Gasteiger partial charge in [0.25, 0.3) is 0 Å². The fraction of sp³-hybridized carbons (Fsp3) is 0.923. The van der Waals surface area contributed by atoms with Crippen molar-refractivity contribution in [3.63, 3.8) is 0 Å². The van der Waals surface area contributed by atoms with Crippen LogP contribution in [0.1, 0.15) is 52.9 Å². The van der Waals surface area contributed by atoms with Gasteiger partial charge in [0.15, 0.2) is 0 Å². The Balaban J connectivity index is 2.08. The average molecular weight is 211 g/mol. The van der Waals surface area contributed by atoms with Gasteiger partial charge >= 0.3 is 0 Å². The number of nitrogens with one attached hydrogen (secondary N) is 1. The van der Waals surface area contributed by atoms with E-state index in [4.69, 9.17) is 0 Å². The second-order valence-corrected chi connectivity index (χ2v) is 5.36. The summed E-state index contributed by atoms with van der Waals surface area (Å²) in [5, 5.41) is 3.00. The summed E-state index contributed by atoms with van der Waals surface area (Å²) in [6.45, 7) is 7.10. The first-order chi connectivity index (χ1) is 7.09. The zero-order valence-corrected chi connectivity index (χ0v) is 10.4. The number of amides is 1. The molecule has 1 saturated carbocycles. The van der Waals surface area contributed by atoms with Crippen LogP contribution in [0.4, 0.5) is 0 Å². The summed E-state index contributed by atoms with van der Waals surface area (Å²) >= 11 is 0. The van der Waals surface area contributed by atoms with E-state index in [2.05, 4.69) is 12.2 Å². The molecule has 0 aromatic carbocycles. The highest BCUT2D eigenvalue weighted by Gasteiger charge is 2.18. The van der Waals surface area contributed by atoms with E-state index in [1.807, 2.05) is 13.8 Å². The molecule has 0 aromatic heterocycles. The van der Waals surface area contributed by atoms with Crippen LogP contribution in [0.15, 0.2) is 0 Å². The highest BCUT2D eigenvalue weighted by molar-refractivity contribution is 5.77. The number of rotatable bonds is 4. The lowest BCUT2D eigenvalue weighted by Crippen LogP contribution is -2.30. The number of carbonyl (C=O) groups excluding carboxylic acids is 1. The predicted molar refractivity (Wildman–Crippen MR) is 63.6 cm³/mol. The van der Waals surface area contributed by atoms with Crippen LogP contribution < -0.4 is 5.32 Å². The molecule has 0 atom stereocenters. The average Bonchev–Trinajstić information content (AvgIpc) is 2.20. The Morgan fingerprint density at radius 1 is 1.27 bits per heavy atom. The van der Waals surface area contributed by atoms with Crippen LogP contribution in [0.25, 0.3) is 0 Å². The number of carbonyl (C=O) groups is 1. The third kappa shape index (κ3) is 4.67. The van der Waals surface area contributed by atoms with Crippen molar-refractivity contribution in [2.24, 2.45) is 17.8 Å². The van der Waals surface area contributed by atoms with Crippen molar-refractivity contribution >= 4 is 5.91 Å². The first-order valence-corrected chi connectivity index (χ1v) is 6.37. The summed E-state index contributed by atoms with van der Waals surface area (Å²) in [7, 11) is 0. The van der Waals surface area contributed by atoms with Crippen LogP contribution in [0.2, 0.25) is 0 Å². The van der Waals surface area contributed by atoms with Crippen molar-refractivity contribution in [1.29, 1.82) is 0 Å². The quantitative estimate of drug-likeness (QED) is 0.761. The molecule has 2 heteroatoms. The second kappa shape index (κ2) is 6.14. The lowest BCUT2D eigenvalue weighted by molar-refractivity contribution is -0.124. The zero-order chi connectivity index (χ0) is 11.3. The fourth-order valence-electron chi connectivity index (χ4n) is 2.22. The van der Waals surface area contributed by atoms with Crippen molar-refractivity contribution in [1.82, 2.24) is 5.32 Å². The summed E-state index contributed by atoms with van der Waals surface area (Å²) in [4.78, 5) is 11.3. The molecule has 1 rings (SSSR count). The van der Waals surface area contributed by atoms with Gasteiger partial charge in [-0.25, -0.2) is 0 Å². The minimum Gasteiger partial charge on any atom is -0.356 e. The molecule has 0 heterocycles. The molecular formula is C13H25NO. The van der Waals surface area contributed by atoms with Gasteiger partial charge in [-0.15, -0.1) is 0 Å². The third-order valence-corrected chi connectivity index (χ3v) is 3.51. The van der Waals surface area contributed by atoms with Crippen molar-refractivity contribution in [3.8, 4) is 0 Å². The van der Waals surface area contributed by atoms with Crippen LogP contribution in [-0.4, -0.2) is 12.5 Å². The summed E-state index contributed by atoms with van der Waals surface area (Å²) in [6.07, 6.45) is 6.65. The van der Waals surface area contributed by atoms with E-state index in [0.717, 1.165) is 18.4 Å². The van der Waals surface area contributed by atoms with E-state index in [9.17, 15) is 4.79 Å². The summed E-state index contributed by atoms with van der Waals surface area (Å²) in [5.74, 6) is 2.09. The van der Waals surface area contributed by atoms with Gasteiger partial charge in [-0.2, -0.15) is 0 Å². The lowest BCUT2D eigenvalue weighted by atomic mass is 9.81. The fourth-order valence-corrected chi connectivity index (χ4v) is 2.22. The van der Waals surface area contributed by atoms with Gasteiger partial charge in [0, 0.05) is 12.5 Å². The maximum atomic E-state index is 11.3. The predicted octanol–water partition coefficient (Wildman–Crippen LogP) is 2.98. The van der Waals surface area contributed by atoms with E-state index in [1.165, 1.54) is 32.1 Å². The smallest absolute Gasteiger partial charge is 0.222 e. The molecule has 0 bridgehead atoms. The molecule has 2 nitrogen and oxygen atoms in total. The topological polar surface area (TPSA) is 29.1 Å². The van der Waals surface area contributed by atoms with Gasteiger partial charge in [0.05, 0.1) is 0 Å². The first-order valence-electron chi connectivity index (χ1n) is 6.37. The molecule has 15 heavy (non-hydrogen) atoms. The molecule has 0 aromatic rings. The van der Waals surface area contributed by atoms with Gasteiger partial charge < -0.3 is 5.32 Å². The molecule has 0 radical (unpaired) electrons. The van der Waals surface area contributed by atoms with Crippen LogP contribution in [0.5, 0.6) is 0 Å². The molecule has 0 saturated heterocycles. The largest absolute Gasteiger partial charge is 0.356 e. The van der Waals surface area contributed by atoms with Crippen LogP contribution in [-0.2, 0) is 4.79 Å². The molecule has 0 unspecified atom stereocenters. The Kier molecular flexibility index (Phi) is 5.13. The maximum Gasteiger partial charge on any atom is 0.222 e. The van der Waals surface area contributed by atoms with E-state index in [0.29, 0.717) is 0 Å². The summed E-state index contributed by atoms with van der Waals surface area (Å²) in [6, 6.07) is 0. The van der Waals surface area contributed by atoms with Gasteiger partial charge in [-0.1, -0.05) is 46.5 Å². The van der Waals surface area contributed by atoms with Crippen LogP contribution in [0, 0.1) is 17.8 Å². The second-order valence-electron chi connectivity index (χ2n) is 5.36. The molecule has 1 amide bonds. The molecule has 88 valence electrons. The third-order valence-electron chi connectivity index (χ3n) is 3.51. The highest BCUT2D eigenvalue weighted by atomic mass is 16.1. The van der Waals surface area contributed by atoms with E-state index < -0.39 is 0 Å². The molecular weight excluding hydrogens is 186 g/mol. The maximum absolute atomic E-state index is 11.3. The Labute approximate surface area is 93.8 Å². The molecule has 1 aliphatic rings. The lowest BCUT2D eigenvalue weighted by Gasteiger charge is -2.26.